The van der Waals surface area contributed by atoms with Gasteiger partial charge in [-0.15, -0.1) is 0 Å². The molecule has 2 rings (SSSR count). The highest BCUT2D eigenvalue weighted by Gasteiger charge is 2.29. The predicted molar refractivity (Wildman–Crippen MR) is 72.1 cm³/mol. The van der Waals surface area contributed by atoms with Gasteiger partial charge in [-0.05, 0) is 36.8 Å². The van der Waals surface area contributed by atoms with Crippen LogP contribution in [0.2, 0.25) is 0 Å². The fraction of sp³-hybridized carbons (Fsp3) is 0.571. The molecule has 0 bridgehead atoms. The molecule has 1 fully saturated rings. The molecule has 100 valence electrons. The molecule has 1 aliphatic carbocycles. The molecule has 0 aromatic heterocycles. The molecule has 0 saturated heterocycles. The van der Waals surface area contributed by atoms with E-state index in [1.807, 2.05) is 0 Å². The monoisotopic (exact) mass is 317 g/mol. The summed E-state index contributed by atoms with van der Waals surface area (Å²) in [6, 6.07) is 2.02. The van der Waals surface area contributed by atoms with Crippen molar-refractivity contribution in [3.8, 4) is 0 Å². The lowest BCUT2D eigenvalue weighted by atomic mass is 9.77. The second kappa shape index (κ2) is 5.66. The van der Waals surface area contributed by atoms with Crippen molar-refractivity contribution in [3.05, 3.63) is 33.8 Å². The summed E-state index contributed by atoms with van der Waals surface area (Å²) in [5, 5.41) is 0. The zero-order valence-electron chi connectivity index (χ0n) is 10.4. The third kappa shape index (κ3) is 2.91. The fourth-order valence-corrected chi connectivity index (χ4v) is 3.32. The standard InChI is InChI=1S/C14H18BrF2N/c1-8-3-2-4-9(5-8)14(18)13-11(16)6-10(15)7-12(13)17/h6-9,14H,2-5,18H2,1H3. The van der Waals surface area contributed by atoms with Crippen LogP contribution in [0.1, 0.15) is 44.2 Å². The SMILES string of the molecule is CC1CCCC(C(N)c2c(F)cc(Br)cc2F)C1. The van der Waals surface area contributed by atoms with Crippen LogP contribution < -0.4 is 5.73 Å². The van der Waals surface area contributed by atoms with Crippen LogP contribution in [0.4, 0.5) is 8.78 Å². The van der Waals surface area contributed by atoms with Crippen molar-refractivity contribution in [1.29, 1.82) is 0 Å². The number of hydrogen-bond donors (Lipinski definition) is 1. The Hall–Kier alpha value is -0.480. The van der Waals surface area contributed by atoms with E-state index in [-0.39, 0.29) is 11.5 Å². The van der Waals surface area contributed by atoms with E-state index in [1.54, 1.807) is 0 Å². The van der Waals surface area contributed by atoms with Gasteiger partial charge in [0.2, 0.25) is 0 Å². The first kappa shape index (κ1) is 13.9. The van der Waals surface area contributed by atoms with E-state index in [9.17, 15) is 8.78 Å². The molecular weight excluding hydrogens is 300 g/mol. The van der Waals surface area contributed by atoms with E-state index >= 15 is 0 Å². The summed E-state index contributed by atoms with van der Waals surface area (Å²) in [5.74, 6) is -0.324. The van der Waals surface area contributed by atoms with Crippen LogP contribution >= 0.6 is 15.9 Å². The maximum atomic E-state index is 13.9. The van der Waals surface area contributed by atoms with Gasteiger partial charge in [0.25, 0.3) is 0 Å². The fourth-order valence-electron chi connectivity index (χ4n) is 2.91. The molecule has 0 spiro atoms. The average Bonchev–Trinajstić information content (AvgIpc) is 2.27. The van der Waals surface area contributed by atoms with Crippen LogP contribution in [0.5, 0.6) is 0 Å². The smallest absolute Gasteiger partial charge is 0.132 e. The van der Waals surface area contributed by atoms with E-state index in [0.717, 1.165) is 19.3 Å². The summed E-state index contributed by atoms with van der Waals surface area (Å²) in [7, 11) is 0. The van der Waals surface area contributed by atoms with Crippen molar-refractivity contribution in [1.82, 2.24) is 0 Å². The predicted octanol–water partition coefficient (Wildman–Crippen LogP) is 4.55. The highest BCUT2D eigenvalue weighted by atomic mass is 79.9. The molecule has 18 heavy (non-hydrogen) atoms. The first-order valence-electron chi connectivity index (χ1n) is 6.39. The first-order valence-corrected chi connectivity index (χ1v) is 7.18. The maximum absolute atomic E-state index is 13.9. The van der Waals surface area contributed by atoms with Crippen molar-refractivity contribution in [2.24, 2.45) is 17.6 Å². The Morgan fingerprint density at radius 2 is 1.89 bits per heavy atom. The van der Waals surface area contributed by atoms with Crippen molar-refractivity contribution in [2.75, 3.05) is 0 Å². The summed E-state index contributed by atoms with van der Waals surface area (Å²) in [6.45, 7) is 2.17. The Morgan fingerprint density at radius 3 is 2.44 bits per heavy atom. The lowest BCUT2D eigenvalue weighted by Gasteiger charge is -2.31. The van der Waals surface area contributed by atoms with Gasteiger partial charge in [-0.1, -0.05) is 35.7 Å². The van der Waals surface area contributed by atoms with Crippen LogP contribution in [0.3, 0.4) is 0 Å². The third-order valence-corrected chi connectivity index (χ3v) is 4.32. The Bertz CT molecular complexity index is 413. The summed E-state index contributed by atoms with van der Waals surface area (Å²) in [5.41, 5.74) is 6.13. The van der Waals surface area contributed by atoms with Crippen LogP contribution in [-0.2, 0) is 0 Å². The third-order valence-electron chi connectivity index (χ3n) is 3.86. The highest BCUT2D eigenvalue weighted by Crippen LogP contribution is 2.37. The topological polar surface area (TPSA) is 26.0 Å². The van der Waals surface area contributed by atoms with Crippen LogP contribution in [-0.4, -0.2) is 0 Å². The molecular formula is C14H18BrF2N. The minimum atomic E-state index is -0.549. The molecule has 1 aliphatic rings. The lowest BCUT2D eigenvalue weighted by molar-refractivity contribution is 0.242. The molecule has 1 saturated carbocycles. The van der Waals surface area contributed by atoms with E-state index in [2.05, 4.69) is 22.9 Å². The van der Waals surface area contributed by atoms with Crippen LogP contribution in [0.25, 0.3) is 0 Å². The van der Waals surface area contributed by atoms with Gasteiger partial charge in [-0.2, -0.15) is 0 Å². The molecule has 0 radical (unpaired) electrons. The number of benzene rings is 1. The van der Waals surface area contributed by atoms with Gasteiger partial charge in [-0.3, -0.25) is 0 Å². The Morgan fingerprint density at radius 1 is 1.28 bits per heavy atom. The zero-order chi connectivity index (χ0) is 13.3. The van der Waals surface area contributed by atoms with E-state index in [4.69, 9.17) is 5.73 Å². The molecule has 1 aromatic carbocycles. The molecule has 3 unspecified atom stereocenters. The van der Waals surface area contributed by atoms with Crippen molar-refractivity contribution < 1.29 is 8.78 Å². The quantitative estimate of drug-likeness (QED) is 0.850. The summed E-state index contributed by atoms with van der Waals surface area (Å²) < 4.78 is 28.1. The average molecular weight is 318 g/mol. The zero-order valence-corrected chi connectivity index (χ0v) is 12.0. The first-order chi connectivity index (χ1) is 8.49. The van der Waals surface area contributed by atoms with Gasteiger partial charge < -0.3 is 5.73 Å². The van der Waals surface area contributed by atoms with Crippen molar-refractivity contribution in [2.45, 2.75) is 38.6 Å². The molecule has 1 aromatic rings. The normalized spacial score (nSPS) is 26.1. The number of nitrogens with two attached hydrogens (primary N) is 1. The minimum absolute atomic E-state index is 0.0392. The van der Waals surface area contributed by atoms with Gasteiger partial charge in [0.05, 0.1) is 0 Å². The Labute approximate surface area is 115 Å². The second-order valence-electron chi connectivity index (χ2n) is 5.34. The summed E-state index contributed by atoms with van der Waals surface area (Å²) in [4.78, 5) is 0. The molecule has 2 N–H and O–H groups in total. The lowest BCUT2D eigenvalue weighted by Crippen LogP contribution is -2.27. The summed E-state index contributed by atoms with van der Waals surface area (Å²) >= 11 is 3.08. The largest absolute Gasteiger partial charge is 0.324 e. The molecule has 0 heterocycles. The Balaban J connectivity index is 2.25. The number of rotatable bonds is 2. The second-order valence-corrected chi connectivity index (χ2v) is 6.26. The molecule has 3 atom stereocenters. The molecule has 1 nitrogen and oxygen atoms in total. The molecule has 0 amide bonds. The number of hydrogen-bond acceptors (Lipinski definition) is 1. The van der Waals surface area contributed by atoms with Crippen LogP contribution in [0, 0.1) is 23.5 Å². The van der Waals surface area contributed by atoms with Gasteiger partial charge in [0.1, 0.15) is 11.6 Å². The van der Waals surface area contributed by atoms with Crippen LogP contribution in [0.15, 0.2) is 16.6 Å². The minimum Gasteiger partial charge on any atom is -0.324 e. The molecule has 4 heteroatoms. The van der Waals surface area contributed by atoms with Crippen molar-refractivity contribution in [3.63, 3.8) is 0 Å². The van der Waals surface area contributed by atoms with E-state index in [0.29, 0.717) is 10.4 Å². The summed E-state index contributed by atoms with van der Waals surface area (Å²) in [6.07, 6.45) is 4.20. The van der Waals surface area contributed by atoms with Gasteiger partial charge in [-0.25, -0.2) is 8.78 Å². The number of halogens is 3. The van der Waals surface area contributed by atoms with E-state index in [1.165, 1.54) is 18.6 Å². The maximum Gasteiger partial charge on any atom is 0.132 e. The highest BCUT2D eigenvalue weighted by molar-refractivity contribution is 9.10. The van der Waals surface area contributed by atoms with Gasteiger partial charge in [0, 0.05) is 16.1 Å². The molecule has 0 aliphatic heterocycles. The van der Waals surface area contributed by atoms with Crippen molar-refractivity contribution >= 4 is 15.9 Å². The Kier molecular flexibility index (Phi) is 4.38. The van der Waals surface area contributed by atoms with Gasteiger partial charge in [0.15, 0.2) is 0 Å². The van der Waals surface area contributed by atoms with E-state index < -0.39 is 17.7 Å². The van der Waals surface area contributed by atoms with Gasteiger partial charge >= 0.3 is 0 Å².